The summed E-state index contributed by atoms with van der Waals surface area (Å²) in [6.07, 6.45) is 16.2. The molecule has 2 bridgehead atoms. The number of nitrogens with zero attached hydrogens (tertiary/aromatic N) is 2. The fourth-order valence-corrected chi connectivity index (χ4v) is 9.73. The molecule has 2 aromatic carbocycles. The average molecular weight is 587 g/mol. The van der Waals surface area contributed by atoms with Crippen LogP contribution in [0.5, 0.6) is 11.5 Å². The van der Waals surface area contributed by atoms with Crippen molar-refractivity contribution < 1.29 is 14.6 Å². The highest BCUT2D eigenvalue weighted by atomic mass is 16.5. The minimum Gasteiger partial charge on any atom is -0.493 e. The molecule has 1 spiro atoms. The first-order valence-corrected chi connectivity index (χ1v) is 17.7. The van der Waals surface area contributed by atoms with Gasteiger partial charge in [-0.2, -0.15) is 0 Å². The number of unbranched alkanes of at least 4 members (excludes halogenated alkanes) is 5. The van der Waals surface area contributed by atoms with Crippen molar-refractivity contribution in [3.8, 4) is 11.5 Å². The molecule has 5 nitrogen and oxygen atoms in total. The molecule has 2 saturated carbocycles. The third-order valence-corrected chi connectivity index (χ3v) is 12.0. The number of ether oxygens (including phenoxy) is 2. The maximum Gasteiger partial charge on any atom is 0.165 e. The number of methoxy groups -OCH3 is 1. The first kappa shape index (κ1) is 29.6. The van der Waals surface area contributed by atoms with Crippen LogP contribution in [0.3, 0.4) is 0 Å². The summed E-state index contributed by atoms with van der Waals surface area (Å²) in [4.78, 5) is 5.64. The average Bonchev–Trinajstić information content (AvgIpc) is 3.61. The van der Waals surface area contributed by atoms with Gasteiger partial charge < -0.3 is 14.6 Å². The molecule has 5 heteroatoms. The Morgan fingerprint density at radius 3 is 2.56 bits per heavy atom. The second-order valence-electron chi connectivity index (χ2n) is 14.4. The third-order valence-electron chi connectivity index (χ3n) is 12.0. The van der Waals surface area contributed by atoms with Crippen molar-refractivity contribution >= 4 is 0 Å². The Hall–Kier alpha value is -2.08. The van der Waals surface area contributed by atoms with Gasteiger partial charge in [0.2, 0.25) is 0 Å². The van der Waals surface area contributed by atoms with E-state index in [1.165, 1.54) is 100 Å². The summed E-state index contributed by atoms with van der Waals surface area (Å²) in [5, 5.41) is 10.2. The van der Waals surface area contributed by atoms with E-state index in [0.29, 0.717) is 23.9 Å². The fraction of sp³-hybridized carbons (Fsp3) is 0.684. The Morgan fingerprint density at radius 1 is 1.00 bits per heavy atom. The second kappa shape index (κ2) is 12.7. The molecule has 2 aromatic rings. The minimum atomic E-state index is -0.0732. The smallest absolute Gasteiger partial charge is 0.165 e. The quantitative estimate of drug-likeness (QED) is 0.233. The predicted molar refractivity (Wildman–Crippen MR) is 173 cm³/mol. The number of piperidine rings is 1. The van der Waals surface area contributed by atoms with Gasteiger partial charge in [-0.25, -0.2) is 0 Å². The number of rotatable bonds is 15. The van der Waals surface area contributed by atoms with Crippen molar-refractivity contribution in [1.29, 1.82) is 0 Å². The van der Waals surface area contributed by atoms with Gasteiger partial charge in [0, 0.05) is 35.5 Å². The number of likely N-dealkylation sites (tertiary alicyclic amines) is 1. The van der Waals surface area contributed by atoms with Gasteiger partial charge in [0.25, 0.3) is 0 Å². The highest BCUT2D eigenvalue weighted by Gasteiger charge is 2.66. The van der Waals surface area contributed by atoms with Crippen molar-refractivity contribution in [3.63, 3.8) is 0 Å². The summed E-state index contributed by atoms with van der Waals surface area (Å²) < 4.78 is 13.2. The maximum absolute atomic E-state index is 10.2. The number of benzene rings is 2. The van der Waals surface area contributed by atoms with Crippen LogP contribution in [-0.2, 0) is 18.3 Å². The summed E-state index contributed by atoms with van der Waals surface area (Å²) in [6, 6.07) is 16.5. The highest BCUT2D eigenvalue weighted by Crippen LogP contribution is 2.64. The molecule has 1 saturated heterocycles. The summed E-state index contributed by atoms with van der Waals surface area (Å²) >= 11 is 0. The molecule has 1 N–H and O–H groups in total. The predicted octanol–water partition coefficient (Wildman–Crippen LogP) is 6.78. The summed E-state index contributed by atoms with van der Waals surface area (Å²) in [6.45, 7) is 6.90. The Kier molecular flexibility index (Phi) is 8.77. The van der Waals surface area contributed by atoms with Crippen LogP contribution in [0.2, 0.25) is 0 Å². The number of hydrogen-bond donors (Lipinski definition) is 1. The molecule has 43 heavy (non-hydrogen) atoms. The lowest BCUT2D eigenvalue weighted by Gasteiger charge is -2.60. The molecule has 0 aromatic heterocycles. The molecule has 7 atom stereocenters. The summed E-state index contributed by atoms with van der Waals surface area (Å²) in [7, 11) is 1.81. The Morgan fingerprint density at radius 2 is 1.79 bits per heavy atom. The minimum absolute atomic E-state index is 0.0732. The van der Waals surface area contributed by atoms with Crippen LogP contribution >= 0.6 is 0 Å². The zero-order valence-electron chi connectivity index (χ0n) is 26.7. The van der Waals surface area contributed by atoms with Gasteiger partial charge in [-0.1, -0.05) is 69.0 Å². The molecule has 7 rings (SSSR count). The lowest BCUT2D eigenvalue weighted by molar-refractivity contribution is -0.0902. The van der Waals surface area contributed by atoms with Crippen LogP contribution < -0.4 is 9.47 Å². The van der Waals surface area contributed by atoms with Gasteiger partial charge in [0.1, 0.15) is 6.10 Å². The van der Waals surface area contributed by atoms with E-state index >= 15 is 0 Å². The van der Waals surface area contributed by atoms with E-state index in [1.54, 1.807) is 7.11 Å². The Labute approximate surface area is 259 Å². The van der Waals surface area contributed by atoms with E-state index in [1.807, 2.05) is 0 Å². The zero-order valence-corrected chi connectivity index (χ0v) is 26.7. The van der Waals surface area contributed by atoms with Crippen LogP contribution in [0.1, 0.15) is 94.2 Å². The van der Waals surface area contributed by atoms with Gasteiger partial charge in [0.05, 0.1) is 13.2 Å². The molecule has 2 heterocycles. The number of hydrogen-bond acceptors (Lipinski definition) is 5. The SMILES string of the molecule is CCCCCN(CCCCCCc1ccccc1)[C@@H]1CC[C@H]2[C@H]3Cc4ccc(OC)c5c4[C@@]2(CCN3CC2CC2O)[C@H]1O5. The fourth-order valence-electron chi connectivity index (χ4n) is 9.73. The molecule has 3 fully saturated rings. The first-order valence-electron chi connectivity index (χ1n) is 17.7. The van der Waals surface area contributed by atoms with Crippen LogP contribution in [0.25, 0.3) is 0 Å². The van der Waals surface area contributed by atoms with E-state index in [4.69, 9.17) is 9.47 Å². The van der Waals surface area contributed by atoms with E-state index < -0.39 is 0 Å². The summed E-state index contributed by atoms with van der Waals surface area (Å²) in [5.74, 6) is 3.11. The van der Waals surface area contributed by atoms with Crippen molar-refractivity contribution in [2.24, 2.45) is 11.8 Å². The van der Waals surface area contributed by atoms with Crippen molar-refractivity contribution in [1.82, 2.24) is 9.80 Å². The van der Waals surface area contributed by atoms with Gasteiger partial charge in [-0.15, -0.1) is 0 Å². The molecular weight excluding hydrogens is 532 g/mol. The second-order valence-corrected chi connectivity index (χ2v) is 14.4. The van der Waals surface area contributed by atoms with E-state index in [2.05, 4.69) is 59.2 Å². The van der Waals surface area contributed by atoms with Crippen LogP contribution in [-0.4, -0.2) is 72.5 Å². The highest BCUT2D eigenvalue weighted by molar-refractivity contribution is 5.61. The number of aliphatic hydroxyl groups is 1. The molecular formula is C38H54N2O3. The molecule has 0 radical (unpaired) electrons. The Bertz CT molecular complexity index is 1240. The first-order chi connectivity index (χ1) is 21.1. The van der Waals surface area contributed by atoms with E-state index in [9.17, 15) is 5.11 Å². The van der Waals surface area contributed by atoms with Crippen molar-refractivity contribution in [3.05, 3.63) is 59.2 Å². The molecule has 2 unspecified atom stereocenters. The molecule has 0 amide bonds. The topological polar surface area (TPSA) is 45.2 Å². The van der Waals surface area contributed by atoms with E-state index in [0.717, 1.165) is 37.4 Å². The standard InChI is InChI=1S/C38H54N2O3/c1-3-4-11-21-39(22-12-6-5-8-13-27-14-9-7-10-15-27)31-18-17-30-32-24-28-16-19-34(42-2)36-35(28)38(30,37(31)43-36)20-23-40(32)26-29-25-33(29)41/h7,9-10,14-16,19,29-33,37,41H,3-6,8,11-13,17-18,20-26H2,1-2H3/t29?,30-,31+,32+,33?,37-,38-/m0/s1. The maximum atomic E-state index is 10.2. The van der Waals surface area contributed by atoms with Crippen molar-refractivity contribution in [2.45, 2.75) is 120 Å². The lowest BCUT2D eigenvalue weighted by atomic mass is 9.51. The van der Waals surface area contributed by atoms with Crippen LogP contribution in [0, 0.1) is 11.8 Å². The van der Waals surface area contributed by atoms with E-state index in [-0.39, 0.29) is 17.6 Å². The largest absolute Gasteiger partial charge is 0.493 e. The normalized spacial score (nSPS) is 32.0. The van der Waals surface area contributed by atoms with Crippen molar-refractivity contribution in [2.75, 3.05) is 33.3 Å². The molecule has 5 aliphatic rings. The van der Waals surface area contributed by atoms with Gasteiger partial charge in [0.15, 0.2) is 11.5 Å². The summed E-state index contributed by atoms with van der Waals surface area (Å²) in [5.41, 5.74) is 4.58. The van der Waals surface area contributed by atoms with Crippen LogP contribution in [0.15, 0.2) is 42.5 Å². The Balaban J connectivity index is 1.10. The molecule has 2 aliphatic heterocycles. The van der Waals surface area contributed by atoms with Gasteiger partial charge in [-0.3, -0.25) is 9.80 Å². The molecule has 234 valence electrons. The monoisotopic (exact) mass is 586 g/mol. The third kappa shape index (κ3) is 5.53. The number of aryl methyl sites for hydroxylation is 1. The lowest BCUT2D eigenvalue weighted by Crippen LogP contribution is -2.69. The van der Waals surface area contributed by atoms with Gasteiger partial charge >= 0.3 is 0 Å². The zero-order chi connectivity index (χ0) is 29.4. The molecule has 3 aliphatic carbocycles. The number of aliphatic hydroxyl groups excluding tert-OH is 1. The van der Waals surface area contributed by atoms with Crippen LogP contribution in [0.4, 0.5) is 0 Å². The van der Waals surface area contributed by atoms with Gasteiger partial charge in [-0.05, 0) is 101 Å².